The second-order valence-electron chi connectivity index (χ2n) is 5.72. The van der Waals surface area contributed by atoms with E-state index in [1.54, 1.807) is 6.92 Å². The number of amides is 1. The first-order chi connectivity index (χ1) is 12.3. The van der Waals surface area contributed by atoms with E-state index in [0.717, 1.165) is 34.0 Å². The molecule has 2 aromatic rings. The number of alkyl halides is 2. The number of nitrogens with one attached hydrogen (secondary N) is 1. The number of halogens is 3. The SMILES string of the molecule is Cc1cc(C(F)F)nc(SCC(=O)NCCCn2nc(C)c(Br)c2C)n1. The molecule has 0 aromatic carbocycles. The summed E-state index contributed by atoms with van der Waals surface area (Å²) in [7, 11) is 0. The Morgan fingerprint density at radius 1 is 1.35 bits per heavy atom. The lowest BCUT2D eigenvalue weighted by Gasteiger charge is -2.07. The van der Waals surface area contributed by atoms with Crippen molar-refractivity contribution in [2.45, 2.75) is 45.3 Å². The molecule has 0 spiro atoms. The van der Waals surface area contributed by atoms with Gasteiger partial charge in [-0.05, 0) is 49.2 Å². The van der Waals surface area contributed by atoms with Crippen molar-refractivity contribution < 1.29 is 13.6 Å². The molecule has 0 unspecified atom stereocenters. The smallest absolute Gasteiger partial charge is 0.280 e. The van der Waals surface area contributed by atoms with Gasteiger partial charge in [-0.25, -0.2) is 18.7 Å². The number of thioether (sulfide) groups is 1. The lowest BCUT2D eigenvalue weighted by atomic mass is 10.3. The van der Waals surface area contributed by atoms with Crippen molar-refractivity contribution in [1.82, 2.24) is 25.1 Å². The fraction of sp³-hybridized carbons (Fsp3) is 0.500. The molecule has 0 atom stereocenters. The van der Waals surface area contributed by atoms with Gasteiger partial charge in [0.2, 0.25) is 5.91 Å². The number of aromatic nitrogens is 4. The molecule has 0 aliphatic heterocycles. The summed E-state index contributed by atoms with van der Waals surface area (Å²) in [5.41, 5.74) is 2.12. The quantitative estimate of drug-likeness (QED) is 0.380. The van der Waals surface area contributed by atoms with E-state index in [9.17, 15) is 13.6 Å². The molecule has 0 aliphatic rings. The number of carbonyl (C=O) groups is 1. The summed E-state index contributed by atoms with van der Waals surface area (Å²) >= 11 is 4.52. The van der Waals surface area contributed by atoms with Gasteiger partial charge in [0.25, 0.3) is 6.43 Å². The molecule has 2 aromatic heterocycles. The third-order valence-electron chi connectivity index (χ3n) is 3.57. The summed E-state index contributed by atoms with van der Waals surface area (Å²) in [6, 6.07) is 1.24. The van der Waals surface area contributed by atoms with Crippen LogP contribution in [-0.4, -0.2) is 38.0 Å². The third-order valence-corrected chi connectivity index (χ3v) is 5.57. The van der Waals surface area contributed by atoms with E-state index in [1.807, 2.05) is 18.5 Å². The molecule has 0 saturated heterocycles. The molecule has 0 bridgehead atoms. The van der Waals surface area contributed by atoms with Gasteiger partial charge >= 0.3 is 0 Å². The molecule has 26 heavy (non-hydrogen) atoms. The Labute approximate surface area is 163 Å². The van der Waals surface area contributed by atoms with Crippen LogP contribution in [0.2, 0.25) is 0 Å². The molecule has 10 heteroatoms. The minimum Gasteiger partial charge on any atom is -0.355 e. The molecular weight excluding hydrogens is 428 g/mol. The minimum atomic E-state index is -2.65. The van der Waals surface area contributed by atoms with Crippen LogP contribution >= 0.6 is 27.7 Å². The molecule has 1 amide bonds. The summed E-state index contributed by atoms with van der Waals surface area (Å²) in [5, 5.41) is 7.39. The van der Waals surface area contributed by atoms with Crippen molar-refractivity contribution in [3.8, 4) is 0 Å². The largest absolute Gasteiger partial charge is 0.355 e. The maximum Gasteiger partial charge on any atom is 0.280 e. The number of hydrogen-bond donors (Lipinski definition) is 1. The van der Waals surface area contributed by atoms with Gasteiger partial charge in [0.1, 0.15) is 5.69 Å². The van der Waals surface area contributed by atoms with Gasteiger partial charge in [0.15, 0.2) is 5.16 Å². The Bertz CT molecular complexity index is 784. The van der Waals surface area contributed by atoms with Crippen molar-refractivity contribution >= 4 is 33.6 Å². The van der Waals surface area contributed by atoms with Crippen molar-refractivity contribution in [2.75, 3.05) is 12.3 Å². The zero-order chi connectivity index (χ0) is 19.3. The second kappa shape index (κ2) is 9.40. The lowest BCUT2D eigenvalue weighted by molar-refractivity contribution is -0.118. The van der Waals surface area contributed by atoms with Gasteiger partial charge in [-0.3, -0.25) is 9.48 Å². The van der Waals surface area contributed by atoms with Gasteiger partial charge < -0.3 is 5.32 Å². The van der Waals surface area contributed by atoms with Gasteiger partial charge in [0, 0.05) is 24.5 Å². The number of nitrogens with zero attached hydrogens (tertiary/aromatic N) is 4. The molecule has 1 N–H and O–H groups in total. The molecule has 0 saturated carbocycles. The average Bonchev–Trinajstić information content (AvgIpc) is 2.83. The molecule has 2 heterocycles. The van der Waals surface area contributed by atoms with Gasteiger partial charge in [-0.1, -0.05) is 11.8 Å². The first-order valence-electron chi connectivity index (χ1n) is 8.00. The minimum absolute atomic E-state index is 0.0809. The maximum atomic E-state index is 12.7. The predicted octanol–water partition coefficient (Wildman–Crippen LogP) is 3.60. The Hall–Kier alpha value is -1.55. The highest BCUT2D eigenvalue weighted by Gasteiger charge is 2.13. The molecular formula is C16H20BrF2N5OS. The fourth-order valence-corrected chi connectivity index (χ4v) is 3.30. The van der Waals surface area contributed by atoms with Crippen LogP contribution < -0.4 is 5.32 Å². The summed E-state index contributed by atoms with van der Waals surface area (Å²) < 4.78 is 28.4. The van der Waals surface area contributed by atoms with Gasteiger partial charge in [-0.15, -0.1) is 0 Å². The second-order valence-corrected chi connectivity index (χ2v) is 7.45. The monoisotopic (exact) mass is 447 g/mol. The standard InChI is InChI=1S/C16H20BrF2N5OS/c1-9-7-12(15(18)19)22-16(21-9)26-8-13(25)20-5-4-6-24-11(3)14(17)10(2)23-24/h7,15H,4-6,8H2,1-3H3,(H,20,25). The normalized spacial score (nSPS) is 11.2. The van der Waals surface area contributed by atoms with Crippen LogP contribution in [0.5, 0.6) is 0 Å². The summed E-state index contributed by atoms with van der Waals surface area (Å²) in [4.78, 5) is 19.7. The number of hydrogen-bond acceptors (Lipinski definition) is 5. The van der Waals surface area contributed by atoms with E-state index in [-0.39, 0.29) is 22.5 Å². The van der Waals surface area contributed by atoms with Crippen molar-refractivity contribution in [2.24, 2.45) is 0 Å². The van der Waals surface area contributed by atoms with Crippen LogP contribution in [-0.2, 0) is 11.3 Å². The van der Waals surface area contributed by atoms with E-state index in [1.165, 1.54) is 6.07 Å². The highest BCUT2D eigenvalue weighted by atomic mass is 79.9. The van der Waals surface area contributed by atoms with E-state index < -0.39 is 6.43 Å². The Balaban J connectivity index is 1.75. The Morgan fingerprint density at radius 3 is 2.69 bits per heavy atom. The molecule has 0 radical (unpaired) electrons. The highest BCUT2D eigenvalue weighted by Crippen LogP contribution is 2.21. The maximum absolute atomic E-state index is 12.7. The molecule has 142 valence electrons. The van der Waals surface area contributed by atoms with Crippen LogP contribution in [0.4, 0.5) is 8.78 Å². The van der Waals surface area contributed by atoms with Crippen LogP contribution in [0.3, 0.4) is 0 Å². The summed E-state index contributed by atoms with van der Waals surface area (Å²) in [5.74, 6) is -0.106. The Kier molecular flexibility index (Phi) is 7.51. The third kappa shape index (κ3) is 5.73. The summed E-state index contributed by atoms with van der Waals surface area (Å²) in [6.07, 6.45) is -1.92. The van der Waals surface area contributed by atoms with E-state index in [4.69, 9.17) is 0 Å². The first kappa shape index (κ1) is 20.8. The van der Waals surface area contributed by atoms with Crippen molar-refractivity contribution in [1.29, 1.82) is 0 Å². The number of carbonyl (C=O) groups excluding carboxylic acids is 1. The molecule has 6 nitrogen and oxygen atoms in total. The van der Waals surface area contributed by atoms with Crippen LogP contribution in [0.15, 0.2) is 15.7 Å². The molecule has 0 aliphatic carbocycles. The zero-order valence-electron chi connectivity index (χ0n) is 14.7. The zero-order valence-corrected chi connectivity index (χ0v) is 17.1. The van der Waals surface area contributed by atoms with Crippen molar-refractivity contribution in [3.05, 3.63) is 33.3 Å². The van der Waals surface area contributed by atoms with Crippen LogP contribution in [0.25, 0.3) is 0 Å². The summed E-state index contributed by atoms with van der Waals surface area (Å²) in [6.45, 7) is 6.74. The number of rotatable bonds is 8. The van der Waals surface area contributed by atoms with Crippen LogP contribution in [0.1, 0.15) is 35.6 Å². The van der Waals surface area contributed by atoms with Crippen LogP contribution in [0, 0.1) is 20.8 Å². The van der Waals surface area contributed by atoms with Gasteiger partial charge in [0.05, 0.1) is 15.9 Å². The lowest BCUT2D eigenvalue weighted by Crippen LogP contribution is -2.27. The van der Waals surface area contributed by atoms with E-state index in [0.29, 0.717) is 18.8 Å². The highest BCUT2D eigenvalue weighted by molar-refractivity contribution is 9.10. The first-order valence-corrected chi connectivity index (χ1v) is 9.78. The number of aryl methyl sites for hydroxylation is 3. The van der Waals surface area contributed by atoms with Gasteiger partial charge in [-0.2, -0.15) is 5.10 Å². The van der Waals surface area contributed by atoms with E-state index in [2.05, 4.69) is 36.3 Å². The topological polar surface area (TPSA) is 72.7 Å². The Morgan fingerprint density at radius 2 is 2.08 bits per heavy atom. The van der Waals surface area contributed by atoms with Crippen molar-refractivity contribution in [3.63, 3.8) is 0 Å². The van der Waals surface area contributed by atoms with E-state index >= 15 is 0 Å². The predicted molar refractivity (Wildman–Crippen MR) is 99.5 cm³/mol. The molecule has 0 fully saturated rings. The average molecular weight is 448 g/mol. The molecule has 2 rings (SSSR count). The fourth-order valence-electron chi connectivity index (χ4n) is 2.27.